The van der Waals surface area contributed by atoms with E-state index in [0.29, 0.717) is 19.3 Å². The first-order valence-electron chi connectivity index (χ1n) is 15.3. The molecule has 0 unspecified atom stereocenters. The van der Waals surface area contributed by atoms with E-state index in [4.69, 9.17) is 9.47 Å². The Morgan fingerprint density at radius 1 is 1.07 bits per heavy atom. The van der Waals surface area contributed by atoms with Crippen LogP contribution in [0.3, 0.4) is 0 Å². The van der Waals surface area contributed by atoms with Gasteiger partial charge in [-0.15, -0.1) is 6.58 Å². The van der Waals surface area contributed by atoms with Gasteiger partial charge in [0.15, 0.2) is 11.4 Å². The first kappa shape index (κ1) is 31.9. The minimum Gasteiger partial charge on any atom is -0.465 e. The number of nitrogens with zero attached hydrogens (tertiary/aromatic N) is 1. The molecule has 4 rings (SSSR count). The zero-order valence-corrected chi connectivity index (χ0v) is 27.7. The molecule has 2 aliphatic carbocycles. The van der Waals surface area contributed by atoms with Crippen LogP contribution in [0.1, 0.15) is 93.9 Å². The number of likely N-dealkylation sites (tertiary alicyclic amines) is 1. The zero-order chi connectivity index (χ0) is 30.4. The van der Waals surface area contributed by atoms with Gasteiger partial charge in [0.05, 0.1) is 17.7 Å². The van der Waals surface area contributed by atoms with Crippen molar-refractivity contribution in [3.8, 4) is 0 Å². The maximum absolute atomic E-state index is 14.8. The lowest BCUT2D eigenvalue weighted by Crippen LogP contribution is -2.92. The third-order valence-corrected chi connectivity index (χ3v) is 19.5. The Kier molecular flexibility index (Phi) is 7.54. The summed E-state index contributed by atoms with van der Waals surface area (Å²) in [5, 5.41) is 24.9. The van der Waals surface area contributed by atoms with E-state index in [1.54, 1.807) is 6.08 Å². The molecule has 4 fully saturated rings. The molecule has 0 bridgehead atoms. The zero-order valence-electron chi connectivity index (χ0n) is 26.7. The number of ether oxygens (including phenoxy) is 2. The van der Waals surface area contributed by atoms with E-state index in [-0.39, 0.29) is 17.2 Å². The van der Waals surface area contributed by atoms with Crippen LogP contribution in [0.2, 0.25) is 18.1 Å². The summed E-state index contributed by atoms with van der Waals surface area (Å²) >= 11 is 0. The van der Waals surface area contributed by atoms with Gasteiger partial charge in [-0.2, -0.15) is 0 Å². The average Bonchev–Trinajstić information content (AvgIpc) is 2.83. The highest BCUT2D eigenvalue weighted by atomic mass is 28.3. The van der Waals surface area contributed by atoms with Gasteiger partial charge in [-0.05, 0) is 63.1 Å². The molecular weight excluding hydrogens is 522 g/mol. The maximum Gasteiger partial charge on any atom is 0.293 e. The molecule has 7 nitrogen and oxygen atoms in total. The van der Waals surface area contributed by atoms with Crippen LogP contribution in [0.4, 0.5) is 0 Å². The van der Waals surface area contributed by atoms with Gasteiger partial charge >= 0.3 is 0 Å². The molecule has 8 heteroatoms. The third-order valence-electron chi connectivity index (χ3n) is 12.8. The lowest BCUT2D eigenvalue weighted by atomic mass is 9.39. The Morgan fingerprint density at radius 2 is 1.65 bits per heavy atom. The molecule has 40 heavy (non-hydrogen) atoms. The van der Waals surface area contributed by atoms with Crippen LogP contribution in [-0.2, 0) is 19.1 Å². The number of piperidine rings is 1. The summed E-state index contributed by atoms with van der Waals surface area (Å²) < 4.78 is 13.4. The van der Waals surface area contributed by atoms with Gasteiger partial charge in [0.2, 0.25) is 0 Å². The van der Waals surface area contributed by atoms with Crippen molar-refractivity contribution in [3.05, 3.63) is 12.7 Å². The maximum atomic E-state index is 14.8. The quantitative estimate of drug-likeness (QED) is 0.268. The Morgan fingerprint density at radius 3 is 2.15 bits per heavy atom. The Hall–Kier alpha value is -1.06. The number of carbonyl (C=O) groups is 2. The number of Topliss-reactive ketones (excluding diaryl/α,β-unsaturated/α-hetero) is 1. The number of aliphatic hydroxyl groups is 2. The third kappa shape index (κ3) is 3.74. The van der Waals surface area contributed by atoms with E-state index in [1.165, 1.54) is 0 Å². The van der Waals surface area contributed by atoms with Crippen LogP contribution in [0.5, 0.6) is 0 Å². The van der Waals surface area contributed by atoms with Gasteiger partial charge in [0.25, 0.3) is 6.47 Å². The molecule has 0 aromatic rings. The van der Waals surface area contributed by atoms with E-state index in [9.17, 15) is 19.8 Å². The average molecular weight is 578 g/mol. The smallest absolute Gasteiger partial charge is 0.293 e. The largest absolute Gasteiger partial charge is 0.465 e. The Balaban J connectivity index is 2.14. The SMILES string of the molecule is C=C[C@@]1(C)CC(=O)[C@]2(O)[C@]3(C)[C@@H]([C@H](O)[C@H](N4CCCCC4)[C@@]2(C)O1)C(C)(C)CC[C@]3(OC=O)[Si](C)(C)C(C)(C)C. The number of fused-ring (bicyclic) bond motifs is 3. The van der Waals surface area contributed by atoms with Crippen molar-refractivity contribution in [1.29, 1.82) is 0 Å². The fraction of sp³-hybridized carbons (Fsp3) is 0.875. The second-order valence-corrected chi connectivity index (χ2v) is 21.7. The van der Waals surface area contributed by atoms with E-state index in [1.807, 2.05) is 20.8 Å². The molecule has 2 saturated carbocycles. The summed E-state index contributed by atoms with van der Waals surface area (Å²) in [5.74, 6) is -0.853. The molecular formula is C32H55NO6Si. The van der Waals surface area contributed by atoms with E-state index in [0.717, 1.165) is 32.4 Å². The highest BCUT2D eigenvalue weighted by Crippen LogP contribution is 2.73. The van der Waals surface area contributed by atoms with Crippen molar-refractivity contribution in [3.63, 3.8) is 0 Å². The van der Waals surface area contributed by atoms with Crippen LogP contribution in [0, 0.1) is 16.7 Å². The summed E-state index contributed by atoms with van der Waals surface area (Å²) in [7, 11) is -2.71. The van der Waals surface area contributed by atoms with E-state index < -0.39 is 59.0 Å². The molecule has 0 aromatic heterocycles. The van der Waals surface area contributed by atoms with Crippen molar-refractivity contribution >= 4 is 20.3 Å². The van der Waals surface area contributed by atoms with Crippen LogP contribution >= 0.6 is 0 Å². The van der Waals surface area contributed by atoms with Gasteiger partial charge < -0.3 is 19.7 Å². The van der Waals surface area contributed by atoms with Crippen LogP contribution in [0.15, 0.2) is 12.7 Å². The monoisotopic (exact) mass is 577 g/mol. The van der Waals surface area contributed by atoms with Gasteiger partial charge in [0.1, 0.15) is 18.9 Å². The molecule has 2 aliphatic heterocycles. The minimum absolute atomic E-state index is 0.0389. The first-order chi connectivity index (χ1) is 18.2. The topological polar surface area (TPSA) is 96.3 Å². The normalized spacial score (nSPS) is 46.2. The predicted octanol–water partition coefficient (Wildman–Crippen LogP) is 5.04. The number of carbonyl (C=O) groups excluding carboxylic acids is 2. The number of aliphatic hydroxyl groups excluding tert-OH is 1. The fourth-order valence-electron chi connectivity index (χ4n) is 10.0. The van der Waals surface area contributed by atoms with Gasteiger partial charge in [-0.25, -0.2) is 0 Å². The fourth-order valence-corrected chi connectivity index (χ4v) is 14.0. The number of ketones is 1. The molecule has 0 aromatic carbocycles. The van der Waals surface area contributed by atoms with Crippen molar-refractivity contribution in [2.45, 2.75) is 146 Å². The molecule has 8 atom stereocenters. The second kappa shape index (κ2) is 9.47. The summed E-state index contributed by atoms with van der Waals surface area (Å²) in [4.78, 5) is 29.6. The van der Waals surface area contributed by atoms with Crippen molar-refractivity contribution < 1.29 is 29.3 Å². The van der Waals surface area contributed by atoms with Crippen molar-refractivity contribution in [1.82, 2.24) is 4.90 Å². The lowest BCUT2D eigenvalue weighted by Gasteiger charge is -2.77. The number of rotatable bonds is 5. The van der Waals surface area contributed by atoms with Crippen LogP contribution in [-0.4, -0.2) is 82.7 Å². The first-order valence-corrected chi connectivity index (χ1v) is 18.3. The predicted molar refractivity (Wildman–Crippen MR) is 160 cm³/mol. The molecule has 0 amide bonds. The lowest BCUT2D eigenvalue weighted by molar-refractivity contribution is -0.368. The molecule has 2 heterocycles. The number of hydrogen-bond donors (Lipinski definition) is 2. The highest BCUT2D eigenvalue weighted by molar-refractivity contribution is 6.83. The number of hydrogen-bond acceptors (Lipinski definition) is 7. The van der Waals surface area contributed by atoms with Gasteiger partial charge in [-0.1, -0.05) is 67.1 Å². The molecule has 0 radical (unpaired) electrons. The van der Waals surface area contributed by atoms with Gasteiger partial charge in [-0.3, -0.25) is 14.5 Å². The molecule has 0 spiro atoms. The molecule has 2 N–H and O–H groups in total. The van der Waals surface area contributed by atoms with E-state index in [2.05, 4.69) is 59.2 Å². The standard InChI is InChI=1S/C32H55NO6Si/c1-12-28(7)20-22(35)32(37)29(8)24(23(36)25(30(32,9)39-28)33-18-14-13-15-19-33)27(5,6)16-17-31(29,38-21-34)40(10,11)26(2,3)4/h12,21,23-25,36-37H,1,13-20H2,2-11H3/t23-,24-,25-,28-,29+,30+,31-,32-/m0/s1. The molecule has 228 valence electrons. The molecule has 2 saturated heterocycles. The Labute approximate surface area is 243 Å². The van der Waals surface area contributed by atoms with Crippen LogP contribution < -0.4 is 0 Å². The second-order valence-electron chi connectivity index (χ2n) is 16.2. The summed E-state index contributed by atoms with van der Waals surface area (Å²) in [6.45, 7) is 26.8. The van der Waals surface area contributed by atoms with Crippen LogP contribution in [0.25, 0.3) is 0 Å². The highest BCUT2D eigenvalue weighted by Gasteiger charge is 2.86. The summed E-state index contributed by atoms with van der Waals surface area (Å²) in [5.41, 5.74) is -6.31. The Bertz CT molecular complexity index is 1050. The summed E-state index contributed by atoms with van der Waals surface area (Å²) in [6.07, 6.45) is 4.97. The molecule has 4 aliphatic rings. The summed E-state index contributed by atoms with van der Waals surface area (Å²) in [6, 6.07) is -0.620. The van der Waals surface area contributed by atoms with E-state index >= 15 is 0 Å². The van der Waals surface area contributed by atoms with Crippen molar-refractivity contribution in [2.75, 3.05) is 13.1 Å². The van der Waals surface area contributed by atoms with Crippen molar-refractivity contribution in [2.24, 2.45) is 16.7 Å². The van der Waals surface area contributed by atoms with Gasteiger partial charge in [0, 0.05) is 17.8 Å². The minimum atomic E-state index is -2.71.